The van der Waals surface area contributed by atoms with Gasteiger partial charge in [0.15, 0.2) is 11.5 Å². The lowest BCUT2D eigenvalue weighted by atomic mass is 9.78. The Kier molecular flexibility index (Phi) is 12.3. The van der Waals surface area contributed by atoms with Gasteiger partial charge >= 0.3 is 0 Å². The van der Waals surface area contributed by atoms with Crippen LogP contribution in [0.1, 0.15) is 73.6 Å². The zero-order valence-electron chi connectivity index (χ0n) is 33.6. The third-order valence-electron chi connectivity index (χ3n) is 11.7. The van der Waals surface area contributed by atoms with Gasteiger partial charge in [0.1, 0.15) is 11.5 Å². The molecule has 0 bridgehead atoms. The summed E-state index contributed by atoms with van der Waals surface area (Å²) in [4.78, 5) is 12.3. The lowest BCUT2D eigenvalue weighted by Crippen LogP contribution is -2.45. The Bertz CT molecular complexity index is 1980. The first-order valence-corrected chi connectivity index (χ1v) is 20.0. The number of methoxy groups -OCH3 is 4. The summed E-state index contributed by atoms with van der Waals surface area (Å²) in [5.41, 5.74) is 10.9. The van der Waals surface area contributed by atoms with Crippen molar-refractivity contribution in [2.75, 3.05) is 66.6 Å². The van der Waals surface area contributed by atoms with Crippen molar-refractivity contribution >= 4 is 11.3 Å². The smallest absolute Gasteiger partial charge is 0.164 e. The Morgan fingerprint density at radius 2 is 1.56 bits per heavy atom. The van der Waals surface area contributed by atoms with Crippen LogP contribution in [0.2, 0.25) is 0 Å². The van der Waals surface area contributed by atoms with Crippen LogP contribution in [-0.2, 0) is 13.0 Å². The molecule has 2 aliphatic heterocycles. The van der Waals surface area contributed by atoms with Gasteiger partial charge in [0.25, 0.3) is 0 Å². The summed E-state index contributed by atoms with van der Waals surface area (Å²) in [5, 5.41) is 0. The van der Waals surface area contributed by atoms with Crippen LogP contribution < -0.4 is 23.8 Å². The van der Waals surface area contributed by atoms with Crippen LogP contribution in [0.15, 0.2) is 90.8 Å². The molecule has 3 heterocycles. The fourth-order valence-corrected chi connectivity index (χ4v) is 8.53. The molecule has 55 heavy (non-hydrogen) atoms. The highest BCUT2D eigenvalue weighted by molar-refractivity contribution is 5.74. The van der Waals surface area contributed by atoms with Gasteiger partial charge in [-0.25, -0.2) is 0 Å². The van der Waals surface area contributed by atoms with E-state index in [0.29, 0.717) is 12.0 Å². The molecule has 1 aromatic heterocycles. The van der Waals surface area contributed by atoms with Crippen molar-refractivity contribution in [1.82, 2.24) is 14.8 Å². The van der Waals surface area contributed by atoms with E-state index in [4.69, 9.17) is 23.9 Å². The standard InChI is InChI=1S/C47H58N4O4/c1-7-9-36-12-13-37(27-45(36)53-4)44-25-33(18-21-48-44)30-50-22-19-41(20-23-50)51(40-14-16-42(52-3)17-15-40)31-34-24-39(32-49(2)29-34)38-26-43(35-10-8-11-35)47(55-6)46(28-38)54-5/h12-18,21,24-29,35,41H,7-11,19-20,22-23,30-32H2,1-6H3. The Labute approximate surface area is 328 Å². The molecule has 1 aliphatic carbocycles. The number of rotatable bonds is 15. The average molecular weight is 743 g/mol. The minimum Gasteiger partial charge on any atom is -0.497 e. The van der Waals surface area contributed by atoms with Crippen molar-refractivity contribution in [1.29, 1.82) is 0 Å². The van der Waals surface area contributed by atoms with Gasteiger partial charge in [-0.05, 0) is 120 Å². The van der Waals surface area contributed by atoms with Crippen LogP contribution in [0.25, 0.3) is 16.8 Å². The molecule has 7 rings (SSSR count). The summed E-state index contributed by atoms with van der Waals surface area (Å²) >= 11 is 0. The van der Waals surface area contributed by atoms with Gasteiger partial charge < -0.3 is 28.7 Å². The van der Waals surface area contributed by atoms with Crippen molar-refractivity contribution in [2.45, 2.75) is 70.4 Å². The summed E-state index contributed by atoms with van der Waals surface area (Å²) in [6.45, 7) is 6.84. The molecule has 0 spiro atoms. The third kappa shape index (κ3) is 8.80. The van der Waals surface area contributed by atoms with E-state index in [1.165, 1.54) is 58.3 Å². The second-order valence-corrected chi connectivity index (χ2v) is 15.4. The predicted molar refractivity (Wildman–Crippen MR) is 224 cm³/mol. The third-order valence-corrected chi connectivity index (χ3v) is 11.7. The van der Waals surface area contributed by atoms with E-state index < -0.39 is 0 Å². The highest BCUT2D eigenvalue weighted by Crippen LogP contribution is 2.46. The minimum atomic E-state index is 0.406. The number of piperidine rings is 1. The Hall–Kier alpha value is -4.95. The van der Waals surface area contributed by atoms with E-state index in [9.17, 15) is 0 Å². The van der Waals surface area contributed by atoms with Gasteiger partial charge in [0.2, 0.25) is 0 Å². The number of hydrogen-bond acceptors (Lipinski definition) is 8. The molecule has 2 fully saturated rings. The van der Waals surface area contributed by atoms with E-state index in [1.807, 2.05) is 6.20 Å². The van der Waals surface area contributed by atoms with Gasteiger partial charge in [-0.2, -0.15) is 0 Å². The number of pyridine rings is 1. The first kappa shape index (κ1) is 38.3. The van der Waals surface area contributed by atoms with Crippen LogP contribution in [0.5, 0.6) is 23.0 Å². The van der Waals surface area contributed by atoms with Crippen LogP contribution in [-0.4, -0.2) is 82.5 Å². The molecule has 0 N–H and O–H groups in total. The number of aromatic nitrogens is 1. The molecule has 3 aromatic carbocycles. The number of nitrogens with zero attached hydrogens (tertiary/aromatic N) is 4. The molecule has 8 nitrogen and oxygen atoms in total. The van der Waals surface area contributed by atoms with Crippen molar-refractivity contribution in [3.63, 3.8) is 0 Å². The lowest BCUT2D eigenvalue weighted by Gasteiger charge is -2.40. The first-order chi connectivity index (χ1) is 26.9. The van der Waals surface area contributed by atoms with Gasteiger partial charge in [-0.3, -0.25) is 9.88 Å². The Morgan fingerprint density at radius 1 is 0.800 bits per heavy atom. The fraction of sp³-hybridized carbons (Fsp3) is 0.426. The largest absolute Gasteiger partial charge is 0.497 e. The zero-order valence-corrected chi connectivity index (χ0v) is 33.6. The maximum absolute atomic E-state index is 5.88. The lowest BCUT2D eigenvalue weighted by molar-refractivity contribution is 0.202. The van der Waals surface area contributed by atoms with Gasteiger partial charge in [0.05, 0.1) is 34.1 Å². The van der Waals surface area contributed by atoms with Crippen molar-refractivity contribution in [3.8, 4) is 34.3 Å². The highest BCUT2D eigenvalue weighted by atomic mass is 16.5. The maximum atomic E-state index is 5.88. The quantitative estimate of drug-likeness (QED) is 0.120. The number of benzene rings is 3. The predicted octanol–water partition coefficient (Wildman–Crippen LogP) is 9.39. The number of ether oxygens (including phenoxy) is 4. The second kappa shape index (κ2) is 17.7. The van der Waals surface area contributed by atoms with Crippen LogP contribution in [0, 0.1) is 0 Å². The molecule has 1 saturated carbocycles. The molecule has 0 unspecified atom stereocenters. The molecule has 4 aromatic rings. The van der Waals surface area contributed by atoms with Crippen LogP contribution in [0.3, 0.4) is 0 Å². The summed E-state index contributed by atoms with van der Waals surface area (Å²) in [6.07, 6.45) is 14.6. The monoisotopic (exact) mass is 742 g/mol. The second-order valence-electron chi connectivity index (χ2n) is 15.4. The number of anilines is 1. The number of likely N-dealkylation sites (tertiary alicyclic amines) is 1. The number of likely N-dealkylation sites (N-methyl/N-ethyl adjacent to an activating group) is 1. The summed E-state index contributed by atoms with van der Waals surface area (Å²) < 4.78 is 23.0. The van der Waals surface area contributed by atoms with E-state index >= 15 is 0 Å². The Morgan fingerprint density at radius 3 is 2.24 bits per heavy atom. The fourth-order valence-electron chi connectivity index (χ4n) is 8.53. The van der Waals surface area contributed by atoms with Crippen molar-refractivity contribution in [3.05, 3.63) is 113 Å². The topological polar surface area (TPSA) is 59.5 Å². The van der Waals surface area contributed by atoms with Crippen molar-refractivity contribution in [2.24, 2.45) is 0 Å². The molecule has 290 valence electrons. The van der Waals surface area contributed by atoms with E-state index in [1.54, 1.807) is 28.4 Å². The van der Waals surface area contributed by atoms with E-state index in [0.717, 1.165) is 92.7 Å². The first-order valence-electron chi connectivity index (χ1n) is 20.0. The van der Waals surface area contributed by atoms with Crippen LogP contribution in [0.4, 0.5) is 5.69 Å². The van der Waals surface area contributed by atoms with Gasteiger partial charge in [0, 0.05) is 75.0 Å². The molecule has 0 atom stereocenters. The maximum Gasteiger partial charge on any atom is 0.164 e. The normalized spacial score (nSPS) is 16.6. The van der Waals surface area contributed by atoms with Gasteiger partial charge in [-0.15, -0.1) is 0 Å². The van der Waals surface area contributed by atoms with E-state index in [-0.39, 0.29) is 0 Å². The molecule has 3 aliphatic rings. The van der Waals surface area contributed by atoms with Gasteiger partial charge in [-0.1, -0.05) is 38.0 Å². The summed E-state index contributed by atoms with van der Waals surface area (Å²) in [6, 6.07) is 24.4. The molecule has 8 heteroatoms. The molecular formula is C47H58N4O4. The van der Waals surface area contributed by atoms with Crippen molar-refractivity contribution < 1.29 is 18.9 Å². The highest BCUT2D eigenvalue weighted by Gasteiger charge is 2.29. The number of hydrogen-bond donors (Lipinski definition) is 0. The zero-order chi connectivity index (χ0) is 38.3. The molecule has 0 radical (unpaired) electrons. The molecular weight excluding hydrogens is 685 g/mol. The summed E-state index contributed by atoms with van der Waals surface area (Å²) in [5.74, 6) is 4.05. The SMILES string of the molecule is CCCc1ccc(-c2cc(CN3CCC(N(CC4=CN(C)CC(c5cc(OC)c(OC)c(C6CCC6)c5)=C4)c4ccc(OC)cc4)CC3)ccn2)cc1OC. The number of aryl methyl sites for hydroxylation is 1. The summed E-state index contributed by atoms with van der Waals surface area (Å²) in [7, 11) is 9.17. The molecule has 0 amide bonds. The molecule has 1 saturated heterocycles. The Balaban J connectivity index is 1.08. The van der Waals surface area contributed by atoms with E-state index in [2.05, 4.69) is 108 Å². The van der Waals surface area contributed by atoms with Crippen LogP contribution >= 0.6 is 0 Å². The minimum absolute atomic E-state index is 0.406. The average Bonchev–Trinajstić information content (AvgIpc) is 3.19.